The van der Waals surface area contributed by atoms with Gasteiger partial charge in [0.05, 0.1) is 0 Å². The van der Waals surface area contributed by atoms with E-state index in [4.69, 9.17) is 15.2 Å². The fourth-order valence-corrected chi connectivity index (χ4v) is 1.56. The van der Waals surface area contributed by atoms with Gasteiger partial charge in [0.2, 0.25) is 13.2 Å². The molecule has 0 fully saturated rings. The van der Waals surface area contributed by atoms with Crippen molar-refractivity contribution in [2.75, 3.05) is 6.79 Å². The first-order valence-corrected chi connectivity index (χ1v) is 4.60. The molecule has 0 bridgehead atoms. The first kappa shape index (κ1) is 13.0. The molecule has 1 atom stereocenters. The minimum atomic E-state index is -2.42. The molecule has 0 radical (unpaired) electrons. The molecule has 0 saturated carbocycles. The summed E-state index contributed by atoms with van der Waals surface area (Å²) in [7, 11) is 0. The molecule has 0 saturated heterocycles. The van der Waals surface area contributed by atoms with Gasteiger partial charge in [0.25, 0.3) is 0 Å². The number of nitrogens with two attached hydrogens (primary N) is 1. The Morgan fingerprint density at radius 3 is 2.75 bits per heavy atom. The molecule has 16 heavy (non-hydrogen) atoms. The van der Waals surface area contributed by atoms with Crippen molar-refractivity contribution in [2.45, 2.75) is 18.9 Å². The van der Waals surface area contributed by atoms with E-state index in [1.807, 2.05) is 0 Å². The summed E-state index contributed by atoms with van der Waals surface area (Å²) in [5.74, 6) is 1.06. The van der Waals surface area contributed by atoms with E-state index in [2.05, 4.69) is 0 Å². The monoisotopic (exact) mass is 251 g/mol. The predicted octanol–water partition coefficient (Wildman–Crippen LogP) is 2.49. The van der Waals surface area contributed by atoms with Crippen LogP contribution in [0.2, 0.25) is 0 Å². The van der Waals surface area contributed by atoms with Gasteiger partial charge in [-0.1, -0.05) is 12.1 Å². The van der Waals surface area contributed by atoms with Crippen LogP contribution in [0, 0.1) is 0 Å². The molecule has 1 aliphatic rings. The minimum absolute atomic E-state index is 0. The maximum absolute atomic E-state index is 12.2. The Morgan fingerprint density at radius 1 is 1.31 bits per heavy atom. The SMILES string of the molecule is Cl.N[C@@H](CC(F)F)c1cccc2c1OCO2. The zero-order valence-electron chi connectivity index (χ0n) is 8.36. The standard InChI is InChI=1S/C10H11F2NO2.ClH/c11-9(12)4-7(13)6-2-1-3-8-10(6)15-5-14-8;/h1-3,7,9H,4-5,13H2;1H/t7-;/m0./s1. The number of hydrogen-bond acceptors (Lipinski definition) is 3. The van der Waals surface area contributed by atoms with Crippen LogP contribution in [0.5, 0.6) is 11.5 Å². The van der Waals surface area contributed by atoms with E-state index in [0.29, 0.717) is 17.1 Å². The van der Waals surface area contributed by atoms with E-state index >= 15 is 0 Å². The molecule has 2 N–H and O–H groups in total. The molecule has 6 heteroatoms. The first-order valence-electron chi connectivity index (χ1n) is 4.60. The Hall–Kier alpha value is -1.07. The van der Waals surface area contributed by atoms with Crippen LogP contribution < -0.4 is 15.2 Å². The molecular weight excluding hydrogens is 240 g/mol. The third kappa shape index (κ3) is 2.54. The summed E-state index contributed by atoms with van der Waals surface area (Å²) in [6, 6.07) is 4.40. The van der Waals surface area contributed by atoms with Crippen molar-refractivity contribution in [3.05, 3.63) is 23.8 Å². The lowest BCUT2D eigenvalue weighted by molar-refractivity contribution is 0.127. The fourth-order valence-electron chi connectivity index (χ4n) is 1.56. The normalized spacial score (nSPS) is 14.8. The third-order valence-electron chi connectivity index (χ3n) is 2.26. The Bertz CT molecular complexity index is 363. The summed E-state index contributed by atoms with van der Waals surface area (Å²) >= 11 is 0. The highest BCUT2D eigenvalue weighted by atomic mass is 35.5. The molecule has 1 aliphatic heterocycles. The summed E-state index contributed by atoms with van der Waals surface area (Å²) in [4.78, 5) is 0. The fraction of sp³-hybridized carbons (Fsp3) is 0.400. The van der Waals surface area contributed by atoms with Gasteiger partial charge in [0.1, 0.15) is 0 Å². The van der Waals surface area contributed by atoms with E-state index in [0.717, 1.165) is 0 Å². The van der Waals surface area contributed by atoms with Crippen molar-refractivity contribution < 1.29 is 18.3 Å². The Labute approximate surface area is 97.9 Å². The second-order valence-corrected chi connectivity index (χ2v) is 3.31. The van der Waals surface area contributed by atoms with Gasteiger partial charge in [-0.15, -0.1) is 12.4 Å². The summed E-state index contributed by atoms with van der Waals surface area (Å²) in [5.41, 5.74) is 6.23. The lowest BCUT2D eigenvalue weighted by atomic mass is 10.0. The highest BCUT2D eigenvalue weighted by Crippen LogP contribution is 2.38. The van der Waals surface area contributed by atoms with Gasteiger partial charge in [-0.3, -0.25) is 0 Å². The second-order valence-electron chi connectivity index (χ2n) is 3.31. The van der Waals surface area contributed by atoms with Crippen LogP contribution in [0.25, 0.3) is 0 Å². The van der Waals surface area contributed by atoms with Crippen molar-refractivity contribution in [2.24, 2.45) is 5.73 Å². The van der Waals surface area contributed by atoms with Crippen molar-refractivity contribution >= 4 is 12.4 Å². The van der Waals surface area contributed by atoms with Crippen LogP contribution >= 0.6 is 12.4 Å². The lowest BCUT2D eigenvalue weighted by Gasteiger charge is -2.13. The number of hydrogen-bond donors (Lipinski definition) is 1. The van der Waals surface area contributed by atoms with E-state index in [1.165, 1.54) is 0 Å². The van der Waals surface area contributed by atoms with E-state index in [9.17, 15) is 8.78 Å². The molecule has 0 spiro atoms. The van der Waals surface area contributed by atoms with Crippen LogP contribution in [0.15, 0.2) is 18.2 Å². The van der Waals surface area contributed by atoms with Crippen LogP contribution in [0.1, 0.15) is 18.0 Å². The molecule has 0 amide bonds. The summed E-state index contributed by atoms with van der Waals surface area (Å²) in [6.07, 6.45) is -2.79. The maximum atomic E-state index is 12.2. The van der Waals surface area contributed by atoms with Crippen molar-refractivity contribution in [3.8, 4) is 11.5 Å². The molecule has 0 aliphatic carbocycles. The van der Waals surface area contributed by atoms with Gasteiger partial charge in [0, 0.05) is 18.0 Å². The van der Waals surface area contributed by atoms with Crippen LogP contribution in [-0.2, 0) is 0 Å². The van der Waals surface area contributed by atoms with Crippen LogP contribution in [0.3, 0.4) is 0 Å². The van der Waals surface area contributed by atoms with Gasteiger partial charge < -0.3 is 15.2 Å². The summed E-state index contributed by atoms with van der Waals surface area (Å²) in [5, 5.41) is 0. The highest BCUT2D eigenvalue weighted by Gasteiger charge is 2.22. The number of para-hydroxylation sites is 1. The van der Waals surface area contributed by atoms with Crippen LogP contribution in [0.4, 0.5) is 8.78 Å². The minimum Gasteiger partial charge on any atom is -0.454 e. The molecule has 1 heterocycles. The van der Waals surface area contributed by atoms with E-state index in [1.54, 1.807) is 18.2 Å². The average Bonchev–Trinajstić information content (AvgIpc) is 2.63. The van der Waals surface area contributed by atoms with Crippen molar-refractivity contribution in [3.63, 3.8) is 0 Å². The molecule has 3 nitrogen and oxygen atoms in total. The molecule has 0 unspecified atom stereocenters. The predicted molar refractivity (Wildman–Crippen MR) is 57.4 cm³/mol. The largest absolute Gasteiger partial charge is 0.454 e. The van der Waals surface area contributed by atoms with Gasteiger partial charge in [-0.05, 0) is 6.07 Å². The zero-order chi connectivity index (χ0) is 10.8. The number of alkyl halides is 2. The molecular formula is C10H12ClF2NO2. The Kier molecular flexibility index (Phi) is 4.32. The highest BCUT2D eigenvalue weighted by molar-refractivity contribution is 5.85. The van der Waals surface area contributed by atoms with Gasteiger partial charge in [-0.25, -0.2) is 8.78 Å². The van der Waals surface area contributed by atoms with Gasteiger partial charge >= 0.3 is 0 Å². The van der Waals surface area contributed by atoms with Crippen molar-refractivity contribution in [1.82, 2.24) is 0 Å². The average molecular weight is 252 g/mol. The molecule has 1 aromatic carbocycles. The molecule has 2 rings (SSSR count). The van der Waals surface area contributed by atoms with Crippen LogP contribution in [-0.4, -0.2) is 13.2 Å². The number of fused-ring (bicyclic) bond motifs is 1. The van der Waals surface area contributed by atoms with Crippen molar-refractivity contribution in [1.29, 1.82) is 0 Å². The van der Waals surface area contributed by atoms with E-state index < -0.39 is 12.5 Å². The second kappa shape index (κ2) is 5.32. The topological polar surface area (TPSA) is 44.5 Å². The van der Waals surface area contributed by atoms with Gasteiger partial charge in [-0.2, -0.15) is 0 Å². The molecule has 1 aromatic rings. The number of benzene rings is 1. The smallest absolute Gasteiger partial charge is 0.240 e. The number of ether oxygens (including phenoxy) is 2. The molecule has 0 aromatic heterocycles. The number of rotatable bonds is 3. The summed E-state index contributed by atoms with van der Waals surface area (Å²) in [6.45, 7) is 0.119. The Morgan fingerprint density at radius 2 is 2.06 bits per heavy atom. The van der Waals surface area contributed by atoms with E-state index in [-0.39, 0.29) is 25.6 Å². The first-order chi connectivity index (χ1) is 7.18. The Balaban J connectivity index is 0.00000128. The quantitative estimate of drug-likeness (QED) is 0.898. The summed E-state index contributed by atoms with van der Waals surface area (Å²) < 4.78 is 34.7. The maximum Gasteiger partial charge on any atom is 0.240 e. The van der Waals surface area contributed by atoms with Gasteiger partial charge in [0.15, 0.2) is 11.5 Å². The zero-order valence-corrected chi connectivity index (χ0v) is 9.18. The molecule has 90 valence electrons. The lowest BCUT2D eigenvalue weighted by Crippen LogP contribution is -2.14. The number of halogens is 3. The third-order valence-corrected chi connectivity index (χ3v) is 2.26.